The summed E-state index contributed by atoms with van der Waals surface area (Å²) in [6.07, 6.45) is 8.33. The smallest absolute Gasteiger partial charge is 0.288 e. The molecule has 5 rings (SSSR count). The summed E-state index contributed by atoms with van der Waals surface area (Å²) in [5.74, 6) is -0.312. The Kier molecular flexibility index (Phi) is 8.02. The monoisotopic (exact) mass is 503 g/mol. The molecule has 0 aliphatic carbocycles. The van der Waals surface area contributed by atoms with Crippen molar-refractivity contribution in [3.05, 3.63) is 93.5 Å². The van der Waals surface area contributed by atoms with E-state index in [4.69, 9.17) is 13.9 Å². The van der Waals surface area contributed by atoms with Crippen LogP contribution in [0.3, 0.4) is 0 Å². The second kappa shape index (κ2) is 11.8. The molecule has 1 saturated heterocycles. The lowest BCUT2D eigenvalue weighted by Gasteiger charge is -2.32. The maximum atomic E-state index is 13.5. The molecule has 2 aromatic carbocycles. The average molecular weight is 504 g/mol. The Balaban J connectivity index is 1.41. The molecule has 1 N–H and O–H groups in total. The van der Waals surface area contributed by atoms with E-state index in [2.05, 4.69) is 0 Å². The lowest BCUT2D eigenvalue weighted by molar-refractivity contribution is -0.156. The highest BCUT2D eigenvalue weighted by Gasteiger charge is 2.32. The van der Waals surface area contributed by atoms with Crippen LogP contribution < -0.4 is 5.43 Å². The summed E-state index contributed by atoms with van der Waals surface area (Å²) in [6, 6.07) is 14.7. The number of rotatable bonds is 6. The van der Waals surface area contributed by atoms with E-state index < -0.39 is 6.29 Å². The van der Waals surface area contributed by atoms with Gasteiger partial charge in [-0.3, -0.25) is 9.59 Å². The molecule has 37 heavy (non-hydrogen) atoms. The molecule has 3 aromatic rings. The zero-order chi connectivity index (χ0) is 25.6. The normalized spacial score (nSPS) is 20.6. The van der Waals surface area contributed by atoms with E-state index in [9.17, 15) is 14.7 Å². The highest BCUT2D eigenvalue weighted by atomic mass is 16.7. The molecule has 3 heterocycles. The molecular formula is C30H33NO6. The first kappa shape index (κ1) is 25.2. The van der Waals surface area contributed by atoms with Crippen LogP contribution in [-0.2, 0) is 27.5 Å². The first-order chi connectivity index (χ1) is 18.1. The number of benzene rings is 2. The predicted molar refractivity (Wildman–Crippen MR) is 140 cm³/mol. The molecule has 0 unspecified atom stereocenters. The standard InChI is InChI=1S/C30H33NO6/c32-18-21-10-12-22(13-11-21)19-36-28-17-23(25-20-35-26-9-5-4-8-24(26)29(25)33)16-27(37-28)30(34)31-14-6-2-1-3-7-15-31/h4-5,8-13,16,20,23,28,32H,1-3,6-7,14-15,17-19H2/t23-,28+/m0/s1. The van der Waals surface area contributed by atoms with Crippen LogP contribution in [0.1, 0.15) is 61.1 Å². The number of amides is 1. The Labute approximate surface area is 216 Å². The number of nitrogens with zero attached hydrogens (tertiary/aromatic N) is 1. The van der Waals surface area contributed by atoms with Gasteiger partial charge < -0.3 is 23.9 Å². The van der Waals surface area contributed by atoms with Gasteiger partial charge in [0.05, 0.1) is 24.9 Å². The van der Waals surface area contributed by atoms with Gasteiger partial charge in [-0.15, -0.1) is 0 Å². The van der Waals surface area contributed by atoms with Crippen molar-refractivity contribution in [2.24, 2.45) is 0 Å². The summed E-state index contributed by atoms with van der Waals surface area (Å²) < 4.78 is 18.0. The van der Waals surface area contributed by atoms with Crippen molar-refractivity contribution in [3.63, 3.8) is 0 Å². The zero-order valence-corrected chi connectivity index (χ0v) is 20.9. The zero-order valence-electron chi connectivity index (χ0n) is 20.9. The lowest BCUT2D eigenvalue weighted by atomic mass is 9.93. The third-order valence-corrected chi connectivity index (χ3v) is 7.16. The Hall–Kier alpha value is -3.42. The largest absolute Gasteiger partial charge is 0.464 e. The molecule has 194 valence electrons. The van der Waals surface area contributed by atoms with Crippen molar-refractivity contribution in [2.45, 2.75) is 63.9 Å². The van der Waals surface area contributed by atoms with Crippen LogP contribution in [-0.4, -0.2) is 35.3 Å². The number of carbonyl (C=O) groups is 1. The van der Waals surface area contributed by atoms with Gasteiger partial charge in [0.1, 0.15) is 5.58 Å². The number of fused-ring (bicyclic) bond motifs is 1. The van der Waals surface area contributed by atoms with Gasteiger partial charge in [-0.25, -0.2) is 0 Å². The van der Waals surface area contributed by atoms with E-state index in [-0.39, 0.29) is 36.2 Å². The first-order valence-corrected chi connectivity index (χ1v) is 13.1. The first-order valence-electron chi connectivity index (χ1n) is 13.1. The van der Waals surface area contributed by atoms with Crippen molar-refractivity contribution in [1.82, 2.24) is 4.90 Å². The highest BCUT2D eigenvalue weighted by molar-refractivity contribution is 5.92. The molecule has 7 nitrogen and oxygen atoms in total. The van der Waals surface area contributed by atoms with Gasteiger partial charge in [0, 0.05) is 31.0 Å². The minimum atomic E-state index is -0.702. The summed E-state index contributed by atoms with van der Waals surface area (Å²) in [4.78, 5) is 28.7. The van der Waals surface area contributed by atoms with Gasteiger partial charge in [0.2, 0.25) is 6.29 Å². The van der Waals surface area contributed by atoms with E-state index in [1.54, 1.807) is 18.2 Å². The SMILES string of the molecule is O=C(C1=C[C@H](c2coc3ccccc3c2=O)C[C@H](OCc2ccc(CO)cc2)O1)N1CCCCCCC1. The Morgan fingerprint density at radius 2 is 1.68 bits per heavy atom. The molecule has 1 amide bonds. The molecular weight excluding hydrogens is 470 g/mol. The molecule has 2 aliphatic rings. The van der Waals surface area contributed by atoms with E-state index in [0.29, 0.717) is 36.0 Å². The molecule has 1 fully saturated rings. The Bertz CT molecular complexity index is 1300. The van der Waals surface area contributed by atoms with E-state index in [1.165, 1.54) is 12.7 Å². The minimum absolute atomic E-state index is 0.0182. The quantitative estimate of drug-likeness (QED) is 0.509. The van der Waals surface area contributed by atoms with Crippen molar-refractivity contribution in [3.8, 4) is 0 Å². The Morgan fingerprint density at radius 3 is 2.43 bits per heavy atom. The Morgan fingerprint density at radius 1 is 0.973 bits per heavy atom. The average Bonchev–Trinajstić information content (AvgIpc) is 2.92. The lowest BCUT2D eigenvalue weighted by Crippen LogP contribution is -2.38. The fourth-order valence-corrected chi connectivity index (χ4v) is 5.01. The van der Waals surface area contributed by atoms with Crippen LogP contribution >= 0.6 is 0 Å². The van der Waals surface area contributed by atoms with Gasteiger partial charge in [0.15, 0.2) is 11.2 Å². The molecule has 0 radical (unpaired) electrons. The minimum Gasteiger partial charge on any atom is -0.464 e. The number of aliphatic hydroxyl groups excluding tert-OH is 1. The van der Waals surface area contributed by atoms with Gasteiger partial charge in [0.25, 0.3) is 5.91 Å². The maximum Gasteiger partial charge on any atom is 0.288 e. The predicted octanol–water partition coefficient (Wildman–Crippen LogP) is 5.01. The van der Waals surface area contributed by atoms with Gasteiger partial charge in [-0.05, 0) is 42.2 Å². The number of carbonyl (C=O) groups excluding carboxylic acids is 1. The van der Waals surface area contributed by atoms with Crippen LogP contribution in [0.25, 0.3) is 11.0 Å². The number of ether oxygens (including phenoxy) is 2. The van der Waals surface area contributed by atoms with Gasteiger partial charge in [-0.1, -0.05) is 55.7 Å². The second-order valence-electron chi connectivity index (χ2n) is 9.78. The number of para-hydroxylation sites is 1. The number of likely N-dealkylation sites (tertiary alicyclic amines) is 1. The topological polar surface area (TPSA) is 89.2 Å². The number of hydrogen-bond acceptors (Lipinski definition) is 6. The molecule has 2 atom stereocenters. The summed E-state index contributed by atoms with van der Waals surface area (Å²) in [7, 11) is 0. The number of aliphatic hydroxyl groups is 1. The van der Waals surface area contributed by atoms with Crippen LogP contribution in [0.4, 0.5) is 0 Å². The van der Waals surface area contributed by atoms with Crippen molar-refractivity contribution in [1.29, 1.82) is 0 Å². The summed E-state index contributed by atoms with van der Waals surface area (Å²) in [5, 5.41) is 9.80. The van der Waals surface area contributed by atoms with E-state index in [1.807, 2.05) is 41.3 Å². The van der Waals surface area contributed by atoms with E-state index in [0.717, 1.165) is 36.8 Å². The van der Waals surface area contributed by atoms with Crippen molar-refractivity contribution >= 4 is 16.9 Å². The molecule has 2 aliphatic heterocycles. The second-order valence-corrected chi connectivity index (χ2v) is 9.78. The van der Waals surface area contributed by atoms with Crippen LogP contribution in [0.5, 0.6) is 0 Å². The molecule has 0 bridgehead atoms. The number of hydrogen-bond donors (Lipinski definition) is 1. The highest BCUT2D eigenvalue weighted by Crippen LogP contribution is 2.32. The van der Waals surface area contributed by atoms with Gasteiger partial charge in [-0.2, -0.15) is 0 Å². The van der Waals surface area contributed by atoms with Crippen LogP contribution in [0, 0.1) is 0 Å². The molecule has 0 spiro atoms. The van der Waals surface area contributed by atoms with Crippen molar-refractivity contribution in [2.75, 3.05) is 13.1 Å². The molecule has 0 saturated carbocycles. The number of allylic oxidation sites excluding steroid dienone is 1. The summed E-state index contributed by atoms with van der Waals surface area (Å²) in [5.41, 5.74) is 2.66. The molecule has 7 heteroatoms. The third kappa shape index (κ3) is 5.95. The maximum absolute atomic E-state index is 13.5. The summed E-state index contributed by atoms with van der Waals surface area (Å²) >= 11 is 0. The fraction of sp³-hybridized carbons (Fsp3) is 0.400. The van der Waals surface area contributed by atoms with E-state index >= 15 is 0 Å². The van der Waals surface area contributed by atoms with Crippen LogP contribution in [0.2, 0.25) is 0 Å². The van der Waals surface area contributed by atoms with Gasteiger partial charge >= 0.3 is 0 Å². The van der Waals surface area contributed by atoms with Crippen LogP contribution in [0.15, 0.2) is 75.8 Å². The third-order valence-electron chi connectivity index (χ3n) is 7.16. The van der Waals surface area contributed by atoms with Crippen molar-refractivity contribution < 1.29 is 23.8 Å². The molecule has 1 aromatic heterocycles. The fourth-order valence-electron chi connectivity index (χ4n) is 5.01. The summed E-state index contributed by atoms with van der Waals surface area (Å²) in [6.45, 7) is 1.66.